The minimum absolute atomic E-state index is 0.397. The Morgan fingerprint density at radius 1 is 1.32 bits per heavy atom. The van der Waals surface area contributed by atoms with Gasteiger partial charge in [-0.25, -0.2) is 0 Å². The van der Waals surface area contributed by atoms with Gasteiger partial charge in [0.1, 0.15) is 18.4 Å². The number of benzene rings is 1. The molecule has 0 amide bonds. The van der Waals surface area contributed by atoms with Crippen LogP contribution in [0.2, 0.25) is 0 Å². The topological polar surface area (TPSA) is 74.0 Å². The highest BCUT2D eigenvalue weighted by atomic mass is 16.5. The molecule has 1 unspecified atom stereocenters. The smallest absolute Gasteiger partial charge is 0.322 e. The molecular formula is C16H24N2O4. The van der Waals surface area contributed by atoms with Crippen LogP contribution >= 0.6 is 0 Å². The van der Waals surface area contributed by atoms with Crippen molar-refractivity contribution in [3.8, 4) is 5.75 Å². The van der Waals surface area contributed by atoms with Gasteiger partial charge < -0.3 is 19.9 Å². The Bertz CT molecular complexity index is 458. The summed E-state index contributed by atoms with van der Waals surface area (Å²) in [6, 6.07) is 7.02. The van der Waals surface area contributed by atoms with Gasteiger partial charge in [-0.05, 0) is 24.1 Å². The predicted octanol–water partition coefficient (Wildman–Crippen LogP) is 0.440. The number of nitrogens with two attached hydrogens (primary N) is 1. The maximum Gasteiger partial charge on any atom is 0.322 e. The monoisotopic (exact) mass is 308 g/mol. The maximum atomic E-state index is 11.3. The molecule has 1 saturated heterocycles. The summed E-state index contributed by atoms with van der Waals surface area (Å²) in [6.07, 6.45) is 0.459. The summed E-state index contributed by atoms with van der Waals surface area (Å²) in [7, 11) is 1.34. The SMILES string of the molecule is COC(=O)C(N)Cc1ccc(OCCN2CCOCC2)cc1. The molecule has 2 N–H and O–H groups in total. The number of nitrogens with zero attached hydrogens (tertiary/aromatic N) is 1. The van der Waals surface area contributed by atoms with E-state index < -0.39 is 12.0 Å². The molecule has 1 atom stereocenters. The zero-order valence-electron chi connectivity index (χ0n) is 13.0. The van der Waals surface area contributed by atoms with E-state index in [4.69, 9.17) is 15.2 Å². The molecule has 0 aromatic heterocycles. The first kappa shape index (κ1) is 16.7. The zero-order valence-corrected chi connectivity index (χ0v) is 13.0. The van der Waals surface area contributed by atoms with E-state index in [1.165, 1.54) is 7.11 Å². The zero-order chi connectivity index (χ0) is 15.8. The lowest BCUT2D eigenvalue weighted by Gasteiger charge is -2.26. The Morgan fingerprint density at radius 2 is 2.00 bits per heavy atom. The number of esters is 1. The van der Waals surface area contributed by atoms with Crippen molar-refractivity contribution in [2.45, 2.75) is 12.5 Å². The molecule has 0 bridgehead atoms. The predicted molar refractivity (Wildman–Crippen MR) is 82.9 cm³/mol. The molecule has 122 valence electrons. The van der Waals surface area contributed by atoms with Crippen LogP contribution < -0.4 is 10.5 Å². The largest absolute Gasteiger partial charge is 0.492 e. The van der Waals surface area contributed by atoms with Crippen molar-refractivity contribution in [2.24, 2.45) is 5.73 Å². The Kier molecular flexibility index (Phi) is 6.64. The van der Waals surface area contributed by atoms with Crippen molar-refractivity contribution in [1.82, 2.24) is 4.90 Å². The highest BCUT2D eigenvalue weighted by Crippen LogP contribution is 2.13. The van der Waals surface area contributed by atoms with Crippen LogP contribution in [0, 0.1) is 0 Å². The van der Waals surface area contributed by atoms with Crippen LogP contribution in [0.4, 0.5) is 0 Å². The number of rotatable bonds is 7. The molecule has 0 spiro atoms. The van der Waals surface area contributed by atoms with Crippen LogP contribution in [0.25, 0.3) is 0 Å². The van der Waals surface area contributed by atoms with Crippen molar-refractivity contribution < 1.29 is 19.0 Å². The van der Waals surface area contributed by atoms with E-state index in [9.17, 15) is 4.79 Å². The summed E-state index contributed by atoms with van der Waals surface area (Å²) in [4.78, 5) is 13.6. The van der Waals surface area contributed by atoms with Crippen molar-refractivity contribution in [3.63, 3.8) is 0 Å². The highest BCUT2D eigenvalue weighted by Gasteiger charge is 2.14. The van der Waals surface area contributed by atoms with E-state index in [2.05, 4.69) is 9.64 Å². The number of ether oxygens (including phenoxy) is 3. The van der Waals surface area contributed by atoms with E-state index in [-0.39, 0.29) is 0 Å². The second-order valence-electron chi connectivity index (χ2n) is 5.28. The lowest BCUT2D eigenvalue weighted by Crippen LogP contribution is -2.38. The molecule has 1 aromatic rings. The first-order chi connectivity index (χ1) is 10.7. The average molecular weight is 308 g/mol. The number of hydrogen-bond acceptors (Lipinski definition) is 6. The quantitative estimate of drug-likeness (QED) is 0.737. The third kappa shape index (κ3) is 5.29. The van der Waals surface area contributed by atoms with Crippen molar-refractivity contribution in [2.75, 3.05) is 46.6 Å². The third-order valence-electron chi connectivity index (χ3n) is 3.66. The minimum Gasteiger partial charge on any atom is -0.492 e. The van der Waals surface area contributed by atoms with Gasteiger partial charge in [0.15, 0.2) is 0 Å². The number of methoxy groups -OCH3 is 1. The van der Waals surface area contributed by atoms with Crippen molar-refractivity contribution in [1.29, 1.82) is 0 Å². The first-order valence-electron chi connectivity index (χ1n) is 7.54. The van der Waals surface area contributed by atoms with Crippen LogP contribution in [-0.4, -0.2) is 63.5 Å². The first-order valence-corrected chi connectivity index (χ1v) is 7.54. The van der Waals surface area contributed by atoms with E-state index in [1.807, 2.05) is 24.3 Å². The molecule has 6 heteroatoms. The molecule has 1 heterocycles. The number of morpholine rings is 1. The van der Waals surface area contributed by atoms with Gasteiger partial charge in [0.25, 0.3) is 0 Å². The van der Waals surface area contributed by atoms with Crippen molar-refractivity contribution in [3.05, 3.63) is 29.8 Å². The molecule has 2 rings (SSSR count). The Labute approximate surface area is 131 Å². The molecule has 6 nitrogen and oxygen atoms in total. The molecule has 1 fully saturated rings. The molecule has 0 saturated carbocycles. The second kappa shape index (κ2) is 8.73. The minimum atomic E-state index is -0.627. The van der Waals surface area contributed by atoms with Gasteiger partial charge in [0, 0.05) is 19.6 Å². The Balaban J connectivity index is 1.73. The molecule has 1 aromatic carbocycles. The molecule has 1 aliphatic heterocycles. The van der Waals surface area contributed by atoms with Crippen molar-refractivity contribution >= 4 is 5.97 Å². The highest BCUT2D eigenvalue weighted by molar-refractivity contribution is 5.75. The molecule has 0 radical (unpaired) electrons. The van der Waals surface area contributed by atoms with E-state index in [0.717, 1.165) is 44.2 Å². The van der Waals surface area contributed by atoms with Gasteiger partial charge in [0.05, 0.1) is 20.3 Å². The lowest BCUT2D eigenvalue weighted by molar-refractivity contribution is -0.142. The van der Waals surface area contributed by atoms with Gasteiger partial charge in [-0.3, -0.25) is 9.69 Å². The fourth-order valence-electron chi connectivity index (χ4n) is 2.33. The standard InChI is InChI=1S/C16H24N2O4/c1-20-16(19)15(17)12-13-2-4-14(5-3-13)22-11-8-18-6-9-21-10-7-18/h2-5,15H,6-12,17H2,1H3. The van der Waals surface area contributed by atoms with Gasteiger partial charge in [-0.15, -0.1) is 0 Å². The van der Waals surface area contributed by atoms with Crippen LogP contribution in [0.1, 0.15) is 5.56 Å². The fraction of sp³-hybridized carbons (Fsp3) is 0.562. The van der Waals surface area contributed by atoms with Gasteiger partial charge >= 0.3 is 5.97 Å². The molecule has 0 aliphatic carbocycles. The average Bonchev–Trinajstić information content (AvgIpc) is 2.56. The van der Waals surface area contributed by atoms with Crippen LogP contribution in [0.15, 0.2) is 24.3 Å². The third-order valence-corrected chi connectivity index (χ3v) is 3.66. The number of carbonyl (C=O) groups is 1. The molecule has 22 heavy (non-hydrogen) atoms. The van der Waals surface area contributed by atoms with E-state index in [0.29, 0.717) is 13.0 Å². The molecule has 1 aliphatic rings. The Morgan fingerprint density at radius 3 is 2.64 bits per heavy atom. The summed E-state index contributed by atoms with van der Waals surface area (Å²) < 4.78 is 15.7. The molecular weight excluding hydrogens is 284 g/mol. The fourth-order valence-corrected chi connectivity index (χ4v) is 2.33. The summed E-state index contributed by atoms with van der Waals surface area (Å²) in [5.41, 5.74) is 6.72. The van der Waals surface area contributed by atoms with E-state index in [1.54, 1.807) is 0 Å². The Hall–Kier alpha value is -1.63. The number of carbonyl (C=O) groups excluding carboxylic acids is 1. The van der Waals surface area contributed by atoms with Crippen LogP contribution in [0.3, 0.4) is 0 Å². The second-order valence-corrected chi connectivity index (χ2v) is 5.28. The lowest BCUT2D eigenvalue weighted by atomic mass is 10.1. The summed E-state index contributed by atoms with van der Waals surface area (Å²) in [5, 5.41) is 0. The normalized spacial score (nSPS) is 17.0. The van der Waals surface area contributed by atoms with Gasteiger partial charge in [-0.2, -0.15) is 0 Å². The van der Waals surface area contributed by atoms with Crippen LogP contribution in [-0.2, 0) is 20.7 Å². The van der Waals surface area contributed by atoms with Crippen LogP contribution in [0.5, 0.6) is 5.75 Å². The van der Waals surface area contributed by atoms with Gasteiger partial charge in [-0.1, -0.05) is 12.1 Å². The summed E-state index contributed by atoms with van der Waals surface area (Å²) >= 11 is 0. The summed E-state index contributed by atoms with van der Waals surface area (Å²) in [5.74, 6) is 0.425. The maximum absolute atomic E-state index is 11.3. The number of hydrogen-bond donors (Lipinski definition) is 1. The van der Waals surface area contributed by atoms with E-state index >= 15 is 0 Å². The van der Waals surface area contributed by atoms with Gasteiger partial charge in [0.2, 0.25) is 0 Å². The summed E-state index contributed by atoms with van der Waals surface area (Å²) in [6.45, 7) is 5.09.